The van der Waals surface area contributed by atoms with Gasteiger partial charge in [-0.15, -0.1) is 0 Å². The molecule has 7 nitrogen and oxygen atoms in total. The molecule has 0 bridgehead atoms. The molecule has 2 fully saturated rings. The standard InChI is InChI=1S/C20H19F3N6O/c21-20(22,23)16-11-24-19(26-14-10-25-28(12-14)15-6-7-15)27-18(16)29-17(8-9-30-29)13-4-2-1-3-5-13/h1-5,10-12,15,17H,6-9H2,(H,24,26,27). The first-order valence-electron chi connectivity index (χ1n) is 9.71. The Bertz CT molecular complexity index is 1030. The molecule has 1 saturated carbocycles. The van der Waals surface area contributed by atoms with E-state index in [1.165, 1.54) is 5.06 Å². The van der Waals surface area contributed by atoms with Crippen LogP contribution in [0.2, 0.25) is 0 Å². The molecule has 2 aliphatic rings. The van der Waals surface area contributed by atoms with Gasteiger partial charge in [-0.2, -0.15) is 23.3 Å². The number of alkyl halides is 3. The van der Waals surface area contributed by atoms with Crippen LogP contribution in [-0.4, -0.2) is 26.4 Å². The average molecular weight is 416 g/mol. The minimum atomic E-state index is -4.61. The molecule has 0 radical (unpaired) electrons. The van der Waals surface area contributed by atoms with Crippen molar-refractivity contribution in [3.05, 3.63) is 60.0 Å². The third kappa shape index (κ3) is 3.70. The van der Waals surface area contributed by atoms with Crippen LogP contribution in [0.1, 0.15) is 42.5 Å². The lowest BCUT2D eigenvalue weighted by Gasteiger charge is -2.26. The van der Waals surface area contributed by atoms with E-state index in [1.54, 1.807) is 12.4 Å². The number of anilines is 3. The van der Waals surface area contributed by atoms with Gasteiger partial charge < -0.3 is 5.32 Å². The maximum absolute atomic E-state index is 13.7. The molecule has 10 heteroatoms. The molecule has 30 heavy (non-hydrogen) atoms. The molecule has 0 spiro atoms. The van der Waals surface area contributed by atoms with Crippen LogP contribution < -0.4 is 10.4 Å². The fourth-order valence-corrected chi connectivity index (χ4v) is 3.53. The topological polar surface area (TPSA) is 68.1 Å². The van der Waals surface area contributed by atoms with E-state index in [4.69, 9.17) is 4.84 Å². The van der Waals surface area contributed by atoms with E-state index in [-0.39, 0.29) is 17.8 Å². The second-order valence-corrected chi connectivity index (χ2v) is 7.37. The van der Waals surface area contributed by atoms with Crippen molar-refractivity contribution in [2.75, 3.05) is 17.0 Å². The van der Waals surface area contributed by atoms with Gasteiger partial charge in [0.1, 0.15) is 5.56 Å². The van der Waals surface area contributed by atoms with Gasteiger partial charge in [0.2, 0.25) is 5.95 Å². The highest BCUT2D eigenvalue weighted by Crippen LogP contribution is 2.41. The highest BCUT2D eigenvalue weighted by Gasteiger charge is 2.40. The van der Waals surface area contributed by atoms with Crippen LogP contribution in [0.3, 0.4) is 0 Å². The lowest BCUT2D eigenvalue weighted by Crippen LogP contribution is -2.26. The Kier molecular flexibility index (Phi) is 4.58. The zero-order valence-corrected chi connectivity index (χ0v) is 15.9. The second-order valence-electron chi connectivity index (χ2n) is 7.37. The third-order valence-electron chi connectivity index (χ3n) is 5.15. The number of halogens is 3. The SMILES string of the molecule is FC(F)(F)c1cnc(Nc2cnn(C3CC3)c2)nc1N1OCCC1c1ccccc1. The molecule has 1 aliphatic carbocycles. The van der Waals surface area contributed by atoms with Crippen LogP contribution in [0.5, 0.6) is 0 Å². The van der Waals surface area contributed by atoms with Gasteiger partial charge in [0.25, 0.3) is 0 Å². The van der Waals surface area contributed by atoms with Crippen LogP contribution in [0.15, 0.2) is 48.9 Å². The maximum Gasteiger partial charge on any atom is 0.421 e. The van der Waals surface area contributed by atoms with Crippen LogP contribution in [0.25, 0.3) is 0 Å². The van der Waals surface area contributed by atoms with Gasteiger partial charge in [-0.1, -0.05) is 30.3 Å². The van der Waals surface area contributed by atoms with E-state index in [1.807, 2.05) is 35.0 Å². The Morgan fingerprint density at radius 3 is 2.60 bits per heavy atom. The third-order valence-corrected chi connectivity index (χ3v) is 5.15. The van der Waals surface area contributed by atoms with Crippen LogP contribution >= 0.6 is 0 Å². The lowest BCUT2D eigenvalue weighted by atomic mass is 10.0. The van der Waals surface area contributed by atoms with Crippen molar-refractivity contribution < 1.29 is 18.0 Å². The minimum Gasteiger partial charge on any atom is -0.321 e. The normalized spacial score (nSPS) is 19.3. The monoisotopic (exact) mass is 416 g/mol. The van der Waals surface area contributed by atoms with Crippen molar-refractivity contribution in [2.24, 2.45) is 0 Å². The summed E-state index contributed by atoms with van der Waals surface area (Å²) in [6.07, 6.45) is 2.31. The van der Waals surface area contributed by atoms with Crippen molar-refractivity contribution in [1.29, 1.82) is 0 Å². The molecule has 1 unspecified atom stereocenters. The van der Waals surface area contributed by atoms with Gasteiger partial charge in [-0.25, -0.2) is 10.0 Å². The second kappa shape index (κ2) is 7.28. The summed E-state index contributed by atoms with van der Waals surface area (Å²) in [7, 11) is 0. The number of hydroxylamine groups is 1. The summed E-state index contributed by atoms with van der Waals surface area (Å²) >= 11 is 0. The largest absolute Gasteiger partial charge is 0.421 e. The van der Waals surface area contributed by atoms with E-state index in [0.717, 1.165) is 24.6 Å². The van der Waals surface area contributed by atoms with Crippen LogP contribution in [-0.2, 0) is 11.0 Å². The molecule has 1 atom stereocenters. The summed E-state index contributed by atoms with van der Waals surface area (Å²) in [5.74, 6) is -0.253. The number of benzene rings is 1. The summed E-state index contributed by atoms with van der Waals surface area (Å²) in [6.45, 7) is 0.303. The molecule has 156 valence electrons. The van der Waals surface area contributed by atoms with Gasteiger partial charge in [0.05, 0.1) is 30.6 Å². The Balaban J connectivity index is 1.49. The maximum atomic E-state index is 13.7. The first-order valence-corrected chi connectivity index (χ1v) is 9.71. The van der Waals surface area contributed by atoms with E-state index in [0.29, 0.717) is 24.8 Å². The van der Waals surface area contributed by atoms with Gasteiger partial charge in [0.15, 0.2) is 5.82 Å². The van der Waals surface area contributed by atoms with Crippen LogP contribution in [0, 0.1) is 0 Å². The number of rotatable bonds is 5. The predicted octanol–water partition coefficient (Wildman–Crippen LogP) is 4.65. The molecule has 3 aromatic rings. The Labute approximate surface area is 170 Å². The van der Waals surface area contributed by atoms with Gasteiger partial charge in [0, 0.05) is 18.8 Å². The Morgan fingerprint density at radius 1 is 1.07 bits per heavy atom. The average Bonchev–Trinajstić information content (AvgIpc) is 3.28. The highest BCUT2D eigenvalue weighted by atomic mass is 19.4. The predicted molar refractivity (Wildman–Crippen MR) is 103 cm³/mol. The lowest BCUT2D eigenvalue weighted by molar-refractivity contribution is -0.138. The first kappa shape index (κ1) is 18.9. The zero-order valence-electron chi connectivity index (χ0n) is 15.9. The summed E-state index contributed by atoms with van der Waals surface area (Å²) in [4.78, 5) is 13.7. The Hall–Kier alpha value is -3.14. The van der Waals surface area contributed by atoms with E-state index in [2.05, 4.69) is 20.4 Å². The first-order chi connectivity index (χ1) is 14.5. The van der Waals surface area contributed by atoms with E-state index < -0.39 is 11.7 Å². The number of hydrogen-bond donors (Lipinski definition) is 1. The summed E-state index contributed by atoms with van der Waals surface area (Å²) in [6, 6.07) is 9.32. The van der Waals surface area contributed by atoms with Gasteiger partial charge >= 0.3 is 6.18 Å². The number of nitrogens with zero attached hydrogens (tertiary/aromatic N) is 5. The molecule has 1 aliphatic heterocycles. The van der Waals surface area contributed by atoms with Crippen molar-refractivity contribution >= 4 is 17.5 Å². The fraction of sp³-hybridized carbons (Fsp3) is 0.350. The highest BCUT2D eigenvalue weighted by molar-refractivity contribution is 5.56. The number of nitrogens with one attached hydrogen (secondary N) is 1. The zero-order chi connectivity index (χ0) is 20.7. The summed E-state index contributed by atoms with van der Waals surface area (Å²) in [5.41, 5.74) is 0.543. The number of hydrogen-bond acceptors (Lipinski definition) is 6. The number of aromatic nitrogens is 4. The molecule has 2 aromatic heterocycles. The summed E-state index contributed by atoms with van der Waals surface area (Å²) < 4.78 is 42.9. The molecule has 0 amide bonds. The quantitative estimate of drug-likeness (QED) is 0.653. The smallest absolute Gasteiger partial charge is 0.321 e. The molecule has 1 saturated heterocycles. The van der Waals surface area contributed by atoms with Crippen LogP contribution in [0.4, 0.5) is 30.6 Å². The minimum absolute atomic E-state index is 0.0515. The molecule has 1 aromatic carbocycles. The van der Waals surface area contributed by atoms with Gasteiger partial charge in [-0.3, -0.25) is 9.52 Å². The molecule has 1 N–H and O–H groups in total. The van der Waals surface area contributed by atoms with Crippen molar-refractivity contribution in [2.45, 2.75) is 37.5 Å². The van der Waals surface area contributed by atoms with Crippen molar-refractivity contribution in [1.82, 2.24) is 19.7 Å². The molecular weight excluding hydrogens is 397 g/mol. The van der Waals surface area contributed by atoms with E-state index >= 15 is 0 Å². The van der Waals surface area contributed by atoms with Crippen molar-refractivity contribution in [3.63, 3.8) is 0 Å². The molecule has 3 heterocycles. The Morgan fingerprint density at radius 2 is 1.87 bits per heavy atom. The van der Waals surface area contributed by atoms with E-state index in [9.17, 15) is 13.2 Å². The molecule has 5 rings (SSSR count). The van der Waals surface area contributed by atoms with Gasteiger partial charge in [-0.05, 0) is 18.4 Å². The fourth-order valence-electron chi connectivity index (χ4n) is 3.53. The molecular formula is C20H19F3N6O. The van der Waals surface area contributed by atoms with Crippen molar-refractivity contribution in [3.8, 4) is 0 Å². The summed E-state index contributed by atoms with van der Waals surface area (Å²) in [5, 5.41) is 8.46.